The van der Waals surface area contributed by atoms with E-state index in [0.29, 0.717) is 0 Å². The van der Waals surface area contributed by atoms with E-state index >= 15 is 0 Å². The molecule has 0 aliphatic heterocycles. The second-order valence-corrected chi connectivity index (χ2v) is 1.66. The molecule has 0 atom stereocenters. The van der Waals surface area contributed by atoms with Crippen LogP contribution in [0, 0.1) is 0 Å². The lowest BCUT2D eigenvalue weighted by Gasteiger charge is -1.83. The largest absolute Gasteiger partial charge is 0.201 e. The van der Waals surface area contributed by atoms with Crippen LogP contribution in [0.2, 0.25) is 0 Å². The molecule has 0 bridgehead atoms. The van der Waals surface area contributed by atoms with Crippen molar-refractivity contribution in [3.05, 3.63) is 24.7 Å². The Morgan fingerprint density at radius 1 is 1.36 bits per heavy atom. The monoisotopic (exact) mass is 150 g/mol. The molecule has 4 nitrogen and oxygen atoms in total. The third-order valence-corrected chi connectivity index (χ3v) is 1.08. The second-order valence-electron chi connectivity index (χ2n) is 1.66. The quantitative estimate of drug-likeness (QED) is 0.565. The molecule has 0 saturated carbocycles. The minimum Gasteiger partial charge on any atom is -0.201 e. The summed E-state index contributed by atoms with van der Waals surface area (Å²) in [4.78, 5) is 0. The van der Waals surface area contributed by atoms with Crippen molar-refractivity contribution in [3.8, 4) is 0 Å². The minimum absolute atomic E-state index is 0.775. The zero-order valence-electron chi connectivity index (χ0n) is 6.60. The number of hydrogen-bond acceptors (Lipinski definition) is 3. The third kappa shape index (κ3) is 1.52. The fourth-order valence-electron chi connectivity index (χ4n) is 0.677. The SMILES string of the molecule is CC.c1cnn2cnnc2c1. The van der Waals surface area contributed by atoms with Crippen LogP contribution in [-0.4, -0.2) is 19.8 Å². The topological polar surface area (TPSA) is 43.1 Å². The van der Waals surface area contributed by atoms with Gasteiger partial charge < -0.3 is 0 Å². The van der Waals surface area contributed by atoms with Gasteiger partial charge in [-0.2, -0.15) is 5.10 Å². The van der Waals surface area contributed by atoms with Gasteiger partial charge in [-0.3, -0.25) is 0 Å². The Balaban J connectivity index is 0.000000281. The van der Waals surface area contributed by atoms with Crippen LogP contribution < -0.4 is 0 Å². The van der Waals surface area contributed by atoms with Crippen LogP contribution in [0.3, 0.4) is 0 Å². The molecule has 2 aromatic heterocycles. The Kier molecular flexibility index (Phi) is 2.54. The lowest BCUT2D eigenvalue weighted by Crippen LogP contribution is -1.85. The maximum Gasteiger partial charge on any atom is 0.177 e. The summed E-state index contributed by atoms with van der Waals surface area (Å²) in [6, 6.07) is 3.67. The first-order valence-electron chi connectivity index (χ1n) is 3.58. The first-order valence-corrected chi connectivity index (χ1v) is 3.58. The number of hydrogen-bond donors (Lipinski definition) is 0. The fourth-order valence-corrected chi connectivity index (χ4v) is 0.677. The van der Waals surface area contributed by atoms with E-state index in [0.717, 1.165) is 5.65 Å². The maximum atomic E-state index is 3.93. The zero-order chi connectivity index (χ0) is 8.10. The number of nitrogens with zero attached hydrogens (tertiary/aromatic N) is 4. The predicted molar refractivity (Wildman–Crippen MR) is 42.1 cm³/mol. The summed E-state index contributed by atoms with van der Waals surface area (Å²) >= 11 is 0. The normalized spacial score (nSPS) is 8.91. The molecular formula is C7H10N4. The van der Waals surface area contributed by atoms with Gasteiger partial charge in [0.05, 0.1) is 0 Å². The van der Waals surface area contributed by atoms with Crippen molar-refractivity contribution in [2.75, 3.05) is 0 Å². The molecule has 11 heavy (non-hydrogen) atoms. The Morgan fingerprint density at radius 3 is 2.91 bits per heavy atom. The highest BCUT2D eigenvalue weighted by Gasteiger charge is 1.88. The van der Waals surface area contributed by atoms with Crippen molar-refractivity contribution in [1.82, 2.24) is 19.8 Å². The Bertz CT molecular complexity index is 284. The number of fused-ring (bicyclic) bond motifs is 1. The van der Waals surface area contributed by atoms with Crippen LogP contribution in [0.15, 0.2) is 24.7 Å². The predicted octanol–water partition coefficient (Wildman–Crippen LogP) is 1.15. The molecule has 58 valence electrons. The van der Waals surface area contributed by atoms with Crippen molar-refractivity contribution < 1.29 is 0 Å². The van der Waals surface area contributed by atoms with Gasteiger partial charge >= 0.3 is 0 Å². The smallest absolute Gasteiger partial charge is 0.177 e. The van der Waals surface area contributed by atoms with E-state index in [9.17, 15) is 0 Å². The first kappa shape index (κ1) is 7.65. The molecule has 2 rings (SSSR count). The molecule has 0 aliphatic rings. The molecule has 0 aromatic carbocycles. The van der Waals surface area contributed by atoms with Gasteiger partial charge in [-0.15, -0.1) is 10.2 Å². The minimum atomic E-state index is 0.775. The highest BCUT2D eigenvalue weighted by Crippen LogP contribution is 1.90. The van der Waals surface area contributed by atoms with Crippen LogP contribution in [0.25, 0.3) is 5.65 Å². The summed E-state index contributed by atoms with van der Waals surface area (Å²) in [5.41, 5.74) is 0.775. The van der Waals surface area contributed by atoms with Crippen molar-refractivity contribution in [1.29, 1.82) is 0 Å². The second kappa shape index (κ2) is 3.65. The summed E-state index contributed by atoms with van der Waals surface area (Å²) < 4.78 is 1.61. The van der Waals surface area contributed by atoms with Crippen LogP contribution in [0.5, 0.6) is 0 Å². The van der Waals surface area contributed by atoms with E-state index in [2.05, 4.69) is 15.3 Å². The van der Waals surface area contributed by atoms with Crippen LogP contribution in [0.4, 0.5) is 0 Å². The highest BCUT2D eigenvalue weighted by atomic mass is 15.3. The number of aromatic nitrogens is 4. The molecule has 0 N–H and O–H groups in total. The van der Waals surface area contributed by atoms with E-state index in [4.69, 9.17) is 0 Å². The van der Waals surface area contributed by atoms with Crippen molar-refractivity contribution in [2.45, 2.75) is 13.8 Å². The van der Waals surface area contributed by atoms with Crippen LogP contribution in [0.1, 0.15) is 13.8 Å². The van der Waals surface area contributed by atoms with Gasteiger partial charge in [0.2, 0.25) is 0 Å². The molecule has 0 radical (unpaired) electrons. The summed E-state index contributed by atoms with van der Waals surface area (Å²) in [7, 11) is 0. The van der Waals surface area contributed by atoms with E-state index in [-0.39, 0.29) is 0 Å². The first-order chi connectivity index (χ1) is 5.47. The molecular weight excluding hydrogens is 140 g/mol. The zero-order valence-corrected chi connectivity index (χ0v) is 6.60. The molecule has 2 heterocycles. The molecule has 2 aromatic rings. The molecule has 0 amide bonds. The summed E-state index contributed by atoms with van der Waals surface area (Å²) in [5, 5.41) is 11.4. The van der Waals surface area contributed by atoms with Crippen LogP contribution in [-0.2, 0) is 0 Å². The van der Waals surface area contributed by atoms with Gasteiger partial charge in [0.15, 0.2) is 5.65 Å². The van der Waals surface area contributed by atoms with Gasteiger partial charge in [0.25, 0.3) is 0 Å². The summed E-state index contributed by atoms with van der Waals surface area (Å²) in [6.45, 7) is 4.00. The van der Waals surface area contributed by atoms with Gasteiger partial charge in [0.1, 0.15) is 6.33 Å². The standard InChI is InChI=1S/C5H4N4.C2H6/c1-2-5-8-6-4-9(5)7-3-1;1-2/h1-4H;1-2H3. The summed E-state index contributed by atoms with van der Waals surface area (Å²) in [5.74, 6) is 0. The van der Waals surface area contributed by atoms with Gasteiger partial charge in [-0.05, 0) is 12.1 Å². The van der Waals surface area contributed by atoms with E-state index in [1.54, 1.807) is 17.0 Å². The molecule has 0 aliphatic carbocycles. The lowest BCUT2D eigenvalue weighted by molar-refractivity contribution is 0.926. The molecule has 0 spiro atoms. The Hall–Kier alpha value is -1.45. The third-order valence-electron chi connectivity index (χ3n) is 1.08. The highest BCUT2D eigenvalue weighted by molar-refractivity contribution is 5.32. The molecule has 0 fully saturated rings. The van der Waals surface area contributed by atoms with Crippen LogP contribution >= 0.6 is 0 Å². The van der Waals surface area contributed by atoms with Crippen molar-refractivity contribution in [2.24, 2.45) is 0 Å². The van der Waals surface area contributed by atoms with E-state index in [1.165, 1.54) is 0 Å². The van der Waals surface area contributed by atoms with E-state index < -0.39 is 0 Å². The Morgan fingerprint density at radius 2 is 2.18 bits per heavy atom. The average molecular weight is 150 g/mol. The van der Waals surface area contributed by atoms with Crippen molar-refractivity contribution >= 4 is 5.65 Å². The van der Waals surface area contributed by atoms with E-state index in [1.807, 2.05) is 26.0 Å². The number of rotatable bonds is 0. The molecule has 0 saturated heterocycles. The maximum absolute atomic E-state index is 3.93. The van der Waals surface area contributed by atoms with Gasteiger partial charge in [-0.1, -0.05) is 13.8 Å². The van der Waals surface area contributed by atoms with Crippen molar-refractivity contribution in [3.63, 3.8) is 0 Å². The van der Waals surface area contributed by atoms with Gasteiger partial charge in [-0.25, -0.2) is 4.52 Å². The molecule has 0 unspecified atom stereocenters. The Labute approximate surface area is 64.9 Å². The molecule has 4 heteroatoms. The summed E-state index contributed by atoms with van der Waals surface area (Å²) in [6.07, 6.45) is 3.26. The lowest BCUT2D eigenvalue weighted by atomic mass is 10.6. The fraction of sp³-hybridized carbons (Fsp3) is 0.286. The van der Waals surface area contributed by atoms with Gasteiger partial charge in [0, 0.05) is 6.20 Å². The average Bonchev–Trinajstić information content (AvgIpc) is 2.55.